The van der Waals surface area contributed by atoms with Gasteiger partial charge >= 0.3 is 0 Å². The Morgan fingerprint density at radius 2 is 1.88 bits per heavy atom. The Morgan fingerprint density at radius 3 is 2.44 bits per heavy atom. The Labute approximate surface area is 102 Å². The van der Waals surface area contributed by atoms with Gasteiger partial charge < -0.3 is 15.0 Å². The number of likely N-dealkylation sites (N-methyl/N-ethyl adjacent to an activating group) is 1. The third-order valence-electron chi connectivity index (χ3n) is 2.70. The molecule has 98 valence electrons. The van der Waals surface area contributed by atoms with E-state index in [1.807, 2.05) is 0 Å². The van der Waals surface area contributed by atoms with Crippen molar-refractivity contribution in [2.75, 3.05) is 40.4 Å². The maximum absolute atomic E-state index is 5.04. The van der Waals surface area contributed by atoms with Crippen molar-refractivity contribution < 1.29 is 4.74 Å². The lowest BCUT2D eigenvalue weighted by Gasteiger charge is -2.20. The fraction of sp³-hybridized carbons (Fsp3) is 1.00. The Hall–Kier alpha value is -0.120. The van der Waals surface area contributed by atoms with Crippen LogP contribution < -0.4 is 5.32 Å². The van der Waals surface area contributed by atoms with Gasteiger partial charge in [-0.3, -0.25) is 0 Å². The molecule has 0 bridgehead atoms. The van der Waals surface area contributed by atoms with Crippen LogP contribution in [0.15, 0.2) is 0 Å². The van der Waals surface area contributed by atoms with Crippen molar-refractivity contribution >= 4 is 0 Å². The number of hydrogen-bond donors (Lipinski definition) is 1. The van der Waals surface area contributed by atoms with Gasteiger partial charge in [-0.25, -0.2) is 0 Å². The smallest absolute Gasteiger partial charge is 0.0474 e. The molecule has 0 fully saturated rings. The van der Waals surface area contributed by atoms with Gasteiger partial charge in [0.15, 0.2) is 0 Å². The molecule has 0 aliphatic rings. The molecule has 1 unspecified atom stereocenters. The summed E-state index contributed by atoms with van der Waals surface area (Å²) in [6.45, 7) is 11.0. The van der Waals surface area contributed by atoms with Crippen molar-refractivity contribution in [2.24, 2.45) is 5.92 Å². The molecule has 0 saturated carbocycles. The summed E-state index contributed by atoms with van der Waals surface area (Å²) in [5.74, 6) is 0.780. The van der Waals surface area contributed by atoms with E-state index in [0.29, 0.717) is 6.04 Å². The summed E-state index contributed by atoms with van der Waals surface area (Å²) in [4.78, 5) is 2.36. The summed E-state index contributed by atoms with van der Waals surface area (Å²) >= 11 is 0. The molecule has 0 amide bonds. The van der Waals surface area contributed by atoms with E-state index < -0.39 is 0 Å². The van der Waals surface area contributed by atoms with Crippen LogP contribution in [-0.2, 0) is 4.74 Å². The molecule has 1 N–H and O–H groups in total. The molecule has 0 radical (unpaired) electrons. The van der Waals surface area contributed by atoms with Gasteiger partial charge in [-0.05, 0) is 32.7 Å². The first kappa shape index (κ1) is 15.9. The fourth-order valence-corrected chi connectivity index (χ4v) is 1.88. The fourth-order valence-electron chi connectivity index (χ4n) is 1.88. The summed E-state index contributed by atoms with van der Waals surface area (Å²) in [6.07, 6.45) is 2.38. The third-order valence-corrected chi connectivity index (χ3v) is 2.70. The molecule has 0 rings (SSSR count). The van der Waals surface area contributed by atoms with Crippen LogP contribution in [0.25, 0.3) is 0 Å². The molecule has 0 aliphatic heterocycles. The zero-order chi connectivity index (χ0) is 12.4. The number of methoxy groups -OCH3 is 1. The second-order valence-corrected chi connectivity index (χ2v) is 5.13. The third kappa shape index (κ3) is 10.4. The minimum Gasteiger partial charge on any atom is -0.385 e. The topological polar surface area (TPSA) is 24.5 Å². The number of nitrogens with zero attached hydrogens (tertiary/aromatic N) is 1. The average Bonchev–Trinajstić information content (AvgIpc) is 2.17. The number of nitrogens with one attached hydrogen (secondary N) is 1. The van der Waals surface area contributed by atoms with Gasteiger partial charge in [0.1, 0.15) is 0 Å². The van der Waals surface area contributed by atoms with Gasteiger partial charge in [-0.15, -0.1) is 0 Å². The van der Waals surface area contributed by atoms with Crippen LogP contribution in [-0.4, -0.2) is 51.3 Å². The van der Waals surface area contributed by atoms with Crippen LogP contribution in [0, 0.1) is 5.92 Å². The molecule has 0 aromatic carbocycles. The standard InChI is InChI=1S/C13H30N2O/c1-12(2)11-13(3)14-7-9-15(4)8-6-10-16-5/h12-14H,6-11H2,1-5H3. The Balaban J connectivity index is 3.35. The van der Waals surface area contributed by atoms with Gasteiger partial charge in [0.25, 0.3) is 0 Å². The van der Waals surface area contributed by atoms with Crippen molar-refractivity contribution in [1.29, 1.82) is 0 Å². The van der Waals surface area contributed by atoms with Crippen LogP contribution in [0.2, 0.25) is 0 Å². The maximum atomic E-state index is 5.04. The molecule has 0 saturated heterocycles. The summed E-state index contributed by atoms with van der Waals surface area (Å²) in [7, 11) is 3.93. The molecular formula is C13H30N2O. The van der Waals surface area contributed by atoms with Crippen molar-refractivity contribution in [3.8, 4) is 0 Å². The Bertz CT molecular complexity index is 151. The molecule has 0 heterocycles. The predicted molar refractivity (Wildman–Crippen MR) is 70.9 cm³/mol. The highest BCUT2D eigenvalue weighted by Crippen LogP contribution is 2.03. The van der Waals surface area contributed by atoms with Crippen molar-refractivity contribution in [3.05, 3.63) is 0 Å². The van der Waals surface area contributed by atoms with Crippen LogP contribution in [0.5, 0.6) is 0 Å². The van der Waals surface area contributed by atoms with E-state index >= 15 is 0 Å². The van der Waals surface area contributed by atoms with Crippen molar-refractivity contribution in [2.45, 2.75) is 39.7 Å². The molecule has 0 aromatic heterocycles. The maximum Gasteiger partial charge on any atom is 0.0474 e. The summed E-state index contributed by atoms with van der Waals surface area (Å²) in [6, 6.07) is 0.632. The van der Waals surface area contributed by atoms with Gasteiger partial charge in [0.05, 0.1) is 0 Å². The van der Waals surface area contributed by atoms with Crippen molar-refractivity contribution in [1.82, 2.24) is 10.2 Å². The number of hydrogen-bond acceptors (Lipinski definition) is 3. The van der Waals surface area contributed by atoms with Crippen LogP contribution in [0.1, 0.15) is 33.6 Å². The van der Waals surface area contributed by atoms with E-state index in [9.17, 15) is 0 Å². The number of rotatable bonds is 10. The monoisotopic (exact) mass is 230 g/mol. The quantitative estimate of drug-likeness (QED) is 0.581. The van der Waals surface area contributed by atoms with Crippen LogP contribution in [0.3, 0.4) is 0 Å². The molecule has 3 nitrogen and oxygen atoms in total. The van der Waals surface area contributed by atoms with Gasteiger partial charge in [-0.1, -0.05) is 13.8 Å². The zero-order valence-electron chi connectivity index (χ0n) is 11.8. The zero-order valence-corrected chi connectivity index (χ0v) is 11.8. The minimum absolute atomic E-state index is 0.632. The lowest BCUT2D eigenvalue weighted by Crippen LogP contribution is -2.35. The summed E-state index contributed by atoms with van der Waals surface area (Å²) in [5.41, 5.74) is 0. The summed E-state index contributed by atoms with van der Waals surface area (Å²) in [5, 5.41) is 3.56. The molecule has 1 atom stereocenters. The highest BCUT2D eigenvalue weighted by Gasteiger charge is 2.04. The molecule has 3 heteroatoms. The molecule has 0 spiro atoms. The van der Waals surface area contributed by atoms with Crippen molar-refractivity contribution in [3.63, 3.8) is 0 Å². The first-order valence-corrected chi connectivity index (χ1v) is 6.47. The molecule has 0 aliphatic carbocycles. The first-order valence-electron chi connectivity index (χ1n) is 6.47. The highest BCUT2D eigenvalue weighted by molar-refractivity contribution is 4.64. The van der Waals surface area contributed by atoms with E-state index in [-0.39, 0.29) is 0 Å². The first-order chi connectivity index (χ1) is 7.56. The van der Waals surface area contributed by atoms with E-state index in [0.717, 1.165) is 38.6 Å². The predicted octanol–water partition coefficient (Wildman–Crippen LogP) is 1.98. The molecule has 0 aromatic rings. The van der Waals surface area contributed by atoms with E-state index in [1.54, 1.807) is 7.11 Å². The Morgan fingerprint density at radius 1 is 1.19 bits per heavy atom. The van der Waals surface area contributed by atoms with Gasteiger partial charge in [0, 0.05) is 39.4 Å². The van der Waals surface area contributed by atoms with E-state index in [4.69, 9.17) is 4.74 Å². The normalized spacial score (nSPS) is 13.7. The van der Waals surface area contributed by atoms with Crippen LogP contribution >= 0.6 is 0 Å². The number of ether oxygens (including phenoxy) is 1. The van der Waals surface area contributed by atoms with E-state index in [1.165, 1.54) is 6.42 Å². The highest BCUT2D eigenvalue weighted by atomic mass is 16.5. The average molecular weight is 230 g/mol. The lowest BCUT2D eigenvalue weighted by atomic mass is 10.1. The largest absolute Gasteiger partial charge is 0.385 e. The molecular weight excluding hydrogens is 200 g/mol. The van der Waals surface area contributed by atoms with E-state index in [2.05, 4.69) is 38.0 Å². The minimum atomic E-state index is 0.632. The SMILES string of the molecule is COCCCN(C)CCNC(C)CC(C)C. The Kier molecular flexibility index (Phi) is 9.99. The summed E-state index contributed by atoms with van der Waals surface area (Å²) < 4.78 is 5.04. The van der Waals surface area contributed by atoms with Gasteiger partial charge in [-0.2, -0.15) is 0 Å². The second-order valence-electron chi connectivity index (χ2n) is 5.13. The second kappa shape index (κ2) is 10.1. The van der Waals surface area contributed by atoms with Crippen LogP contribution in [0.4, 0.5) is 0 Å². The molecule has 16 heavy (non-hydrogen) atoms. The lowest BCUT2D eigenvalue weighted by molar-refractivity contribution is 0.179. The van der Waals surface area contributed by atoms with Gasteiger partial charge in [0.2, 0.25) is 0 Å².